The van der Waals surface area contributed by atoms with Crippen LogP contribution in [0.15, 0.2) is 237 Å². The number of hydrogen-bond donors (Lipinski definition) is 0. The first-order chi connectivity index (χ1) is 32.1. The van der Waals surface area contributed by atoms with Gasteiger partial charge in [-0.15, -0.1) is 0 Å². The third kappa shape index (κ3) is 6.91. The average molecular weight is 833 g/mol. The first-order valence-corrected chi connectivity index (χ1v) is 22.1. The van der Waals surface area contributed by atoms with Crippen molar-refractivity contribution in [2.45, 2.75) is 0 Å². The fourth-order valence-corrected chi connectivity index (χ4v) is 9.63. The number of hydrogen-bond acceptors (Lipinski definition) is 1. The molecule has 0 radical (unpaired) electrons. The van der Waals surface area contributed by atoms with E-state index < -0.39 is 0 Å². The Balaban J connectivity index is 0.865. The van der Waals surface area contributed by atoms with Gasteiger partial charge in [0, 0.05) is 33.4 Å². The van der Waals surface area contributed by atoms with Gasteiger partial charge in [-0.2, -0.15) is 0 Å². The van der Waals surface area contributed by atoms with Gasteiger partial charge in [0.2, 0.25) is 0 Å². The van der Waals surface area contributed by atoms with E-state index in [1.54, 1.807) is 6.07 Å². The van der Waals surface area contributed by atoms with Gasteiger partial charge in [-0.05, 0) is 133 Å². The van der Waals surface area contributed by atoms with Crippen molar-refractivity contribution in [1.29, 1.82) is 0 Å². The quantitative estimate of drug-likeness (QED) is 0.104. The van der Waals surface area contributed by atoms with E-state index in [1.165, 1.54) is 43.7 Å². The predicted octanol–water partition coefficient (Wildman–Crippen LogP) is 17.3. The molecule has 0 bridgehead atoms. The molecule has 1 aromatic heterocycles. The summed E-state index contributed by atoms with van der Waals surface area (Å²) in [6.45, 7) is 0. The van der Waals surface area contributed by atoms with Gasteiger partial charge in [-0.1, -0.05) is 176 Å². The lowest BCUT2D eigenvalue weighted by molar-refractivity contribution is 0.630. The molecule has 0 unspecified atom stereocenters. The molecule has 2 nitrogen and oxygen atoms in total. The average Bonchev–Trinajstić information content (AvgIpc) is 3.72. The summed E-state index contributed by atoms with van der Waals surface area (Å²) in [6.07, 6.45) is 4.35. The number of halogens is 1. The lowest BCUT2D eigenvalue weighted by atomic mass is 9.95. The summed E-state index contributed by atoms with van der Waals surface area (Å²) in [6, 6.07) is 82.2. The normalized spacial score (nSPS) is 11.7. The van der Waals surface area contributed by atoms with Crippen LogP contribution in [0, 0.1) is 5.82 Å². The van der Waals surface area contributed by atoms with E-state index in [0.29, 0.717) is 5.69 Å². The third-order valence-corrected chi connectivity index (χ3v) is 12.7. The van der Waals surface area contributed by atoms with E-state index in [0.717, 1.165) is 61.2 Å². The first-order valence-electron chi connectivity index (χ1n) is 22.1. The molecule has 1 heterocycles. The SMILES string of the molecule is Fc1cc(-c2ccccc2)cc(-c2ccccc2)c1N(c1ccccc1)c1ccc2cc(C=Cc3ccc(-c4cc5ccc6cccc7c6c5c(c4)n7-c4ccccc4)cc3)ccc2c1. The molecule has 0 atom stereocenters. The summed E-state index contributed by atoms with van der Waals surface area (Å²) in [5, 5.41) is 7.32. The van der Waals surface area contributed by atoms with Gasteiger partial charge in [0.15, 0.2) is 0 Å². The molecular formula is C62H41FN2. The number of nitrogens with zero attached hydrogens (tertiary/aromatic N) is 2. The number of anilines is 3. The topological polar surface area (TPSA) is 8.17 Å². The van der Waals surface area contributed by atoms with E-state index in [2.05, 4.69) is 168 Å². The maximum atomic E-state index is 16.9. The Labute approximate surface area is 377 Å². The van der Waals surface area contributed by atoms with Crippen LogP contribution in [0.5, 0.6) is 0 Å². The maximum absolute atomic E-state index is 16.9. The molecule has 0 aliphatic carbocycles. The highest BCUT2D eigenvalue weighted by Crippen LogP contribution is 2.46. The highest BCUT2D eigenvalue weighted by Gasteiger charge is 2.23. The molecule has 12 aromatic rings. The molecule has 0 aliphatic rings. The summed E-state index contributed by atoms with van der Waals surface area (Å²) < 4.78 is 19.4. The molecule has 0 amide bonds. The van der Waals surface area contributed by atoms with Crippen molar-refractivity contribution in [3.05, 3.63) is 254 Å². The Bertz CT molecular complexity index is 3690. The smallest absolute Gasteiger partial charge is 0.148 e. The number of benzene rings is 11. The molecule has 65 heavy (non-hydrogen) atoms. The van der Waals surface area contributed by atoms with Crippen molar-refractivity contribution in [2.24, 2.45) is 0 Å². The highest BCUT2D eigenvalue weighted by atomic mass is 19.1. The largest absolute Gasteiger partial charge is 0.309 e. The Morgan fingerprint density at radius 1 is 0.354 bits per heavy atom. The molecule has 11 aromatic carbocycles. The van der Waals surface area contributed by atoms with Crippen LogP contribution in [0.1, 0.15) is 11.1 Å². The van der Waals surface area contributed by atoms with Crippen molar-refractivity contribution in [2.75, 3.05) is 4.90 Å². The predicted molar refractivity (Wildman–Crippen MR) is 273 cm³/mol. The van der Waals surface area contributed by atoms with Crippen LogP contribution in [0.2, 0.25) is 0 Å². The second kappa shape index (κ2) is 16.0. The Kier molecular flexibility index (Phi) is 9.39. The molecule has 0 saturated carbocycles. The van der Waals surface area contributed by atoms with E-state index in [4.69, 9.17) is 0 Å². The molecule has 0 N–H and O–H groups in total. The van der Waals surface area contributed by atoms with Crippen molar-refractivity contribution in [1.82, 2.24) is 4.57 Å². The second-order valence-corrected chi connectivity index (χ2v) is 16.7. The van der Waals surface area contributed by atoms with Crippen LogP contribution in [0.3, 0.4) is 0 Å². The molecule has 0 aliphatic heterocycles. The van der Waals surface area contributed by atoms with Gasteiger partial charge >= 0.3 is 0 Å². The zero-order chi connectivity index (χ0) is 43.3. The van der Waals surface area contributed by atoms with E-state index in [-0.39, 0.29) is 5.82 Å². The fourth-order valence-electron chi connectivity index (χ4n) is 9.63. The minimum atomic E-state index is -0.291. The van der Waals surface area contributed by atoms with Gasteiger partial charge in [0.25, 0.3) is 0 Å². The summed E-state index contributed by atoms with van der Waals surface area (Å²) in [7, 11) is 0. The van der Waals surface area contributed by atoms with Crippen LogP contribution >= 0.6 is 0 Å². The third-order valence-electron chi connectivity index (χ3n) is 12.7. The summed E-state index contributed by atoms with van der Waals surface area (Å²) >= 11 is 0. The van der Waals surface area contributed by atoms with Gasteiger partial charge in [0.05, 0.1) is 16.7 Å². The minimum Gasteiger partial charge on any atom is -0.309 e. The first kappa shape index (κ1) is 38.2. The van der Waals surface area contributed by atoms with Crippen LogP contribution in [-0.2, 0) is 0 Å². The number of fused-ring (bicyclic) bond motifs is 1. The molecule has 0 saturated heterocycles. The highest BCUT2D eigenvalue weighted by molar-refractivity contribution is 6.25. The van der Waals surface area contributed by atoms with Gasteiger partial charge in [-0.3, -0.25) is 0 Å². The lowest BCUT2D eigenvalue weighted by Crippen LogP contribution is -2.13. The number of aromatic nitrogens is 1. The zero-order valence-corrected chi connectivity index (χ0v) is 35.4. The monoisotopic (exact) mass is 832 g/mol. The number of para-hydroxylation sites is 2. The molecule has 306 valence electrons. The van der Waals surface area contributed by atoms with Crippen molar-refractivity contribution in [3.63, 3.8) is 0 Å². The maximum Gasteiger partial charge on any atom is 0.148 e. The fraction of sp³-hybridized carbons (Fsp3) is 0. The lowest BCUT2D eigenvalue weighted by Gasteiger charge is -2.29. The molecule has 12 rings (SSSR count). The van der Waals surface area contributed by atoms with Gasteiger partial charge < -0.3 is 9.47 Å². The zero-order valence-electron chi connectivity index (χ0n) is 35.4. The Hall–Kier alpha value is -8.53. The Morgan fingerprint density at radius 3 is 1.71 bits per heavy atom. The Morgan fingerprint density at radius 2 is 0.938 bits per heavy atom. The number of rotatable bonds is 9. The summed E-state index contributed by atoms with van der Waals surface area (Å²) in [5.74, 6) is -0.291. The van der Waals surface area contributed by atoms with Crippen molar-refractivity contribution < 1.29 is 4.39 Å². The summed E-state index contributed by atoms with van der Waals surface area (Å²) in [4.78, 5) is 2.05. The van der Waals surface area contributed by atoms with Gasteiger partial charge in [-0.25, -0.2) is 4.39 Å². The molecule has 0 fully saturated rings. The van der Waals surface area contributed by atoms with Crippen LogP contribution < -0.4 is 4.90 Å². The van der Waals surface area contributed by atoms with Crippen molar-refractivity contribution in [3.8, 4) is 39.1 Å². The molecule has 3 heteroatoms. The molecular weight excluding hydrogens is 792 g/mol. The summed E-state index contributed by atoms with van der Waals surface area (Å²) in [5.41, 5.74) is 14.0. The standard InChI is InChI=1S/C62H41FN2/c63-57-40-52(44-14-5-1-6-15-44)39-56(46-16-7-2-8-17-46)62(57)64(53-19-9-3-10-20-53)55-35-34-48-36-43(28-31-49(48)38-55)25-24-42-26-29-45(30-27-42)51-37-50-33-32-47-18-13-23-58-60(47)61(50)59(41-51)65(58)54-21-11-4-12-22-54/h1-41H. The van der Waals surface area contributed by atoms with E-state index in [9.17, 15) is 0 Å². The minimum absolute atomic E-state index is 0.291. The molecule has 0 spiro atoms. The van der Waals surface area contributed by atoms with Gasteiger partial charge in [0.1, 0.15) is 5.82 Å². The van der Waals surface area contributed by atoms with Crippen LogP contribution in [-0.4, -0.2) is 4.57 Å². The van der Waals surface area contributed by atoms with E-state index >= 15 is 4.39 Å². The van der Waals surface area contributed by atoms with E-state index in [1.807, 2.05) is 83.8 Å². The second-order valence-electron chi connectivity index (χ2n) is 16.7. The van der Waals surface area contributed by atoms with Crippen LogP contribution in [0.4, 0.5) is 21.5 Å². The van der Waals surface area contributed by atoms with Crippen molar-refractivity contribution >= 4 is 72.6 Å². The van der Waals surface area contributed by atoms with Crippen LogP contribution in [0.25, 0.3) is 94.6 Å².